The van der Waals surface area contributed by atoms with E-state index in [1.165, 1.54) is 6.07 Å². The summed E-state index contributed by atoms with van der Waals surface area (Å²) in [4.78, 5) is 6.86. The lowest BCUT2D eigenvalue weighted by Gasteiger charge is -2.30. The van der Waals surface area contributed by atoms with Crippen molar-refractivity contribution in [2.75, 3.05) is 26.7 Å². The summed E-state index contributed by atoms with van der Waals surface area (Å²) >= 11 is 0. The van der Waals surface area contributed by atoms with Gasteiger partial charge in [0.15, 0.2) is 11.5 Å². The van der Waals surface area contributed by atoms with Gasteiger partial charge in [-0.3, -0.25) is 4.90 Å². The maximum atomic E-state index is 14.6. The number of piperazine rings is 1. The van der Waals surface area contributed by atoms with Crippen molar-refractivity contribution in [3.05, 3.63) is 46.7 Å². The van der Waals surface area contributed by atoms with Gasteiger partial charge in [-0.25, -0.2) is 9.07 Å². The monoisotopic (exact) mass is 418 g/mol. The van der Waals surface area contributed by atoms with E-state index in [1.807, 2.05) is 13.0 Å². The fourth-order valence-electron chi connectivity index (χ4n) is 4.15. The number of nitrogens with zero attached hydrogens (tertiary/aromatic N) is 5. The molecule has 9 heteroatoms. The number of nitrogens with one attached hydrogen (secondary N) is 1. The maximum Gasteiger partial charge on any atom is 0.278 e. The van der Waals surface area contributed by atoms with E-state index in [9.17, 15) is 4.39 Å². The first-order valence-electron chi connectivity index (χ1n) is 9.74. The van der Waals surface area contributed by atoms with E-state index in [-0.39, 0.29) is 24.3 Å². The zero-order valence-electron chi connectivity index (χ0n) is 16.5. The minimum Gasteiger partial charge on any atom is -0.332 e. The van der Waals surface area contributed by atoms with Crippen molar-refractivity contribution in [3.63, 3.8) is 0 Å². The van der Waals surface area contributed by atoms with E-state index in [0.29, 0.717) is 23.1 Å². The molecule has 0 spiro atoms. The van der Waals surface area contributed by atoms with Crippen LogP contribution in [0.1, 0.15) is 35.1 Å². The second kappa shape index (κ2) is 7.85. The first-order chi connectivity index (χ1) is 13.6. The second-order valence-corrected chi connectivity index (χ2v) is 7.65. The number of hydrogen-bond acceptors (Lipinski definition) is 6. The molecule has 1 aromatic carbocycles. The maximum absolute atomic E-state index is 14.6. The average Bonchev–Trinajstić information content (AvgIpc) is 3.39. The van der Waals surface area contributed by atoms with Gasteiger partial charge in [0.05, 0.1) is 6.04 Å². The predicted molar refractivity (Wildman–Crippen MR) is 109 cm³/mol. The highest BCUT2D eigenvalue weighted by Gasteiger charge is 2.30. The third kappa shape index (κ3) is 3.45. The van der Waals surface area contributed by atoms with Crippen LogP contribution < -0.4 is 5.32 Å². The van der Waals surface area contributed by atoms with Gasteiger partial charge in [-0.2, -0.15) is 10.1 Å². The Morgan fingerprint density at radius 1 is 1.28 bits per heavy atom. The molecule has 5 rings (SSSR count). The Kier molecular flexibility index (Phi) is 5.42. The summed E-state index contributed by atoms with van der Waals surface area (Å²) in [5.74, 6) is 0.802. The Balaban J connectivity index is 0.00000205. The fourth-order valence-corrected chi connectivity index (χ4v) is 4.15. The highest BCUT2D eigenvalue weighted by Crippen LogP contribution is 2.34. The predicted octanol–water partition coefficient (Wildman–Crippen LogP) is 2.86. The molecule has 1 unspecified atom stereocenters. The fraction of sp³-hybridized carbons (Fsp3) is 0.450. The molecular weight excluding hydrogens is 395 g/mol. The second-order valence-electron chi connectivity index (χ2n) is 7.65. The molecule has 0 saturated carbocycles. The zero-order valence-corrected chi connectivity index (χ0v) is 17.3. The molecule has 3 aromatic rings. The van der Waals surface area contributed by atoms with Crippen molar-refractivity contribution in [1.82, 2.24) is 30.1 Å². The quantitative estimate of drug-likeness (QED) is 0.705. The highest BCUT2D eigenvalue weighted by molar-refractivity contribution is 5.85. The van der Waals surface area contributed by atoms with Gasteiger partial charge in [0.1, 0.15) is 11.5 Å². The van der Waals surface area contributed by atoms with E-state index >= 15 is 0 Å². The lowest BCUT2D eigenvalue weighted by atomic mass is 10.2. The normalized spacial score (nSPS) is 19.2. The lowest BCUT2D eigenvalue weighted by molar-refractivity contribution is 0.190. The van der Waals surface area contributed by atoms with Gasteiger partial charge in [-0.1, -0.05) is 11.2 Å². The van der Waals surface area contributed by atoms with Crippen molar-refractivity contribution in [2.45, 2.75) is 32.2 Å². The molecule has 29 heavy (non-hydrogen) atoms. The van der Waals surface area contributed by atoms with Crippen molar-refractivity contribution in [3.8, 4) is 17.3 Å². The van der Waals surface area contributed by atoms with E-state index in [1.54, 1.807) is 10.7 Å². The van der Waals surface area contributed by atoms with Crippen molar-refractivity contribution >= 4 is 12.4 Å². The number of halogens is 2. The number of rotatable bonds is 3. The van der Waals surface area contributed by atoms with Crippen molar-refractivity contribution in [1.29, 1.82) is 0 Å². The summed E-state index contributed by atoms with van der Waals surface area (Å²) in [5.41, 5.74) is 4.15. The van der Waals surface area contributed by atoms with E-state index < -0.39 is 0 Å². The molecule has 1 aliphatic heterocycles. The van der Waals surface area contributed by atoms with Crippen molar-refractivity contribution in [2.24, 2.45) is 0 Å². The summed E-state index contributed by atoms with van der Waals surface area (Å²) in [6, 6.07) is 5.30. The third-order valence-corrected chi connectivity index (χ3v) is 5.71. The number of fused-ring (bicyclic) bond motifs is 1. The lowest BCUT2D eigenvalue weighted by Crippen LogP contribution is -2.44. The van der Waals surface area contributed by atoms with Gasteiger partial charge in [0.25, 0.3) is 5.89 Å². The van der Waals surface area contributed by atoms with Gasteiger partial charge in [0, 0.05) is 30.9 Å². The van der Waals surface area contributed by atoms with Gasteiger partial charge in [0.2, 0.25) is 0 Å². The van der Waals surface area contributed by atoms with Crippen LogP contribution in [0.2, 0.25) is 0 Å². The Labute approximate surface area is 174 Å². The van der Waals surface area contributed by atoms with Crippen molar-refractivity contribution < 1.29 is 8.91 Å². The van der Waals surface area contributed by atoms with Crippen LogP contribution in [0.5, 0.6) is 0 Å². The molecule has 1 atom stereocenters. The molecule has 1 N–H and O–H groups in total. The van der Waals surface area contributed by atoms with Crippen LogP contribution in [0.4, 0.5) is 4.39 Å². The number of aryl methyl sites for hydroxylation is 1. The van der Waals surface area contributed by atoms with E-state index in [4.69, 9.17) is 9.62 Å². The van der Waals surface area contributed by atoms with Crippen LogP contribution in [0.25, 0.3) is 17.3 Å². The standard InChI is InChI=1S/C20H23FN6O.ClH/c1-12-6-7-16(14(21)10-12)27-15-5-3-4-13(15)18(24-27)20-23-19(25-28-20)17-11-22-8-9-26(17)2;/h6-7,10,17,22H,3-5,8-9,11H2,1-2H3;1H. The van der Waals surface area contributed by atoms with Crippen LogP contribution in [0.3, 0.4) is 0 Å². The van der Waals surface area contributed by atoms with Gasteiger partial charge in [-0.05, 0) is 50.9 Å². The van der Waals surface area contributed by atoms with Crippen LogP contribution in [-0.2, 0) is 12.8 Å². The van der Waals surface area contributed by atoms with E-state index in [0.717, 1.165) is 55.7 Å². The number of likely N-dealkylation sites (N-methyl/N-ethyl adjacent to an activating group) is 1. The summed E-state index contributed by atoms with van der Waals surface area (Å²) in [6.07, 6.45) is 2.77. The molecule has 1 aliphatic carbocycles. The minimum absolute atomic E-state index is 0. The molecule has 0 radical (unpaired) electrons. The van der Waals surface area contributed by atoms with Gasteiger partial charge < -0.3 is 9.84 Å². The molecule has 1 fully saturated rings. The molecule has 154 valence electrons. The third-order valence-electron chi connectivity index (χ3n) is 5.71. The van der Waals surface area contributed by atoms with Gasteiger partial charge >= 0.3 is 0 Å². The topological polar surface area (TPSA) is 72.0 Å². The molecule has 7 nitrogen and oxygen atoms in total. The van der Waals surface area contributed by atoms with Crippen LogP contribution in [-0.4, -0.2) is 51.5 Å². The first-order valence-corrected chi connectivity index (χ1v) is 9.74. The Morgan fingerprint density at radius 2 is 2.14 bits per heavy atom. The zero-order chi connectivity index (χ0) is 19.3. The van der Waals surface area contributed by atoms with E-state index in [2.05, 4.69) is 27.4 Å². The van der Waals surface area contributed by atoms with Gasteiger partial charge in [-0.15, -0.1) is 12.4 Å². The minimum atomic E-state index is -0.273. The van der Waals surface area contributed by atoms with Crippen LogP contribution >= 0.6 is 12.4 Å². The number of benzene rings is 1. The van der Waals surface area contributed by atoms with Crippen LogP contribution in [0, 0.1) is 12.7 Å². The summed E-state index contributed by atoms with van der Waals surface area (Å²) in [6.45, 7) is 4.56. The Hall–Kier alpha value is -2.29. The Morgan fingerprint density at radius 3 is 2.93 bits per heavy atom. The largest absolute Gasteiger partial charge is 0.332 e. The average molecular weight is 419 g/mol. The summed E-state index contributed by atoms with van der Waals surface area (Å²) in [5, 5.41) is 12.3. The highest BCUT2D eigenvalue weighted by atomic mass is 35.5. The molecular formula is C20H24ClFN6O. The SMILES string of the molecule is Cc1ccc(-n2nc(-c3nc(C4CNCCN4C)no3)c3c2CCC3)c(F)c1.Cl. The molecule has 3 heterocycles. The smallest absolute Gasteiger partial charge is 0.278 e. The molecule has 0 bridgehead atoms. The first kappa shape index (κ1) is 20.0. The Bertz CT molecular complexity index is 1030. The molecule has 0 amide bonds. The summed E-state index contributed by atoms with van der Waals surface area (Å²) in [7, 11) is 2.06. The molecule has 2 aliphatic rings. The summed E-state index contributed by atoms with van der Waals surface area (Å²) < 4.78 is 21.9. The molecule has 2 aromatic heterocycles. The molecule has 1 saturated heterocycles. The van der Waals surface area contributed by atoms with Crippen LogP contribution in [0.15, 0.2) is 22.7 Å². The number of aromatic nitrogens is 4. The number of hydrogen-bond donors (Lipinski definition) is 1.